The fourth-order valence-electron chi connectivity index (χ4n) is 1.52. The molecule has 2 aromatic rings. The molecule has 0 saturated carbocycles. The lowest BCUT2D eigenvalue weighted by atomic mass is 10.1. The zero-order valence-corrected chi connectivity index (χ0v) is 9.29. The lowest BCUT2D eigenvalue weighted by Crippen LogP contribution is -2.25. The van der Waals surface area contributed by atoms with Gasteiger partial charge in [0.1, 0.15) is 0 Å². The molecule has 1 N–H and O–H groups in total. The zero-order chi connectivity index (χ0) is 12.7. The molecule has 0 bridgehead atoms. The number of benzene rings is 2. The van der Waals surface area contributed by atoms with Crippen molar-refractivity contribution in [1.82, 2.24) is 0 Å². The highest BCUT2D eigenvalue weighted by Gasteiger charge is 2.45. The van der Waals surface area contributed by atoms with E-state index in [1.54, 1.807) is 24.3 Å². The number of fused-ring (bicyclic) bond motifs is 1. The SMILES string of the molecule is O=S(=O)(O)C(F)(F)c1ccc2ccccc2c1. The summed E-state index contributed by atoms with van der Waals surface area (Å²) in [5.74, 6) is 0. The highest BCUT2D eigenvalue weighted by molar-refractivity contribution is 7.86. The van der Waals surface area contributed by atoms with Crippen LogP contribution in [0.3, 0.4) is 0 Å². The fraction of sp³-hybridized carbons (Fsp3) is 0.0909. The Bertz CT molecular complexity index is 665. The van der Waals surface area contributed by atoms with E-state index in [4.69, 9.17) is 4.55 Å². The van der Waals surface area contributed by atoms with Crippen LogP contribution in [0.2, 0.25) is 0 Å². The van der Waals surface area contributed by atoms with Crippen LogP contribution in [0, 0.1) is 0 Å². The second kappa shape index (κ2) is 3.75. The Morgan fingerprint density at radius 3 is 2.18 bits per heavy atom. The van der Waals surface area contributed by atoms with Crippen LogP contribution in [-0.4, -0.2) is 13.0 Å². The average Bonchev–Trinajstić information content (AvgIpc) is 2.27. The molecule has 0 radical (unpaired) electrons. The fourth-order valence-corrected chi connectivity index (χ4v) is 1.94. The molecule has 90 valence electrons. The molecular weight excluding hydrogens is 250 g/mol. The monoisotopic (exact) mass is 258 g/mol. The Labute approximate surface area is 96.4 Å². The van der Waals surface area contributed by atoms with Gasteiger partial charge < -0.3 is 0 Å². The molecule has 0 aliphatic heterocycles. The zero-order valence-electron chi connectivity index (χ0n) is 8.47. The molecule has 0 heterocycles. The second-order valence-corrected chi connectivity index (χ2v) is 5.02. The molecule has 0 aliphatic rings. The number of alkyl halides is 2. The summed E-state index contributed by atoms with van der Waals surface area (Å²) in [5, 5.41) is -3.10. The van der Waals surface area contributed by atoms with Crippen LogP contribution in [-0.2, 0) is 15.4 Å². The van der Waals surface area contributed by atoms with Crippen molar-refractivity contribution in [2.24, 2.45) is 0 Å². The van der Waals surface area contributed by atoms with Gasteiger partial charge in [0.15, 0.2) is 0 Å². The van der Waals surface area contributed by atoms with Crippen molar-refractivity contribution in [2.45, 2.75) is 5.25 Å². The maximum Gasteiger partial charge on any atom is 0.395 e. The largest absolute Gasteiger partial charge is 0.395 e. The first kappa shape index (κ1) is 11.9. The second-order valence-electron chi connectivity index (χ2n) is 3.55. The van der Waals surface area contributed by atoms with Gasteiger partial charge >= 0.3 is 15.4 Å². The van der Waals surface area contributed by atoms with E-state index in [2.05, 4.69) is 0 Å². The first-order chi connectivity index (χ1) is 7.82. The summed E-state index contributed by atoms with van der Waals surface area (Å²) in [6.07, 6.45) is 0. The molecule has 0 spiro atoms. The predicted molar refractivity (Wildman–Crippen MR) is 59.4 cm³/mol. The third kappa shape index (κ3) is 2.01. The topological polar surface area (TPSA) is 54.4 Å². The molecule has 2 aromatic carbocycles. The van der Waals surface area contributed by atoms with E-state index < -0.39 is 20.9 Å². The minimum Gasteiger partial charge on any atom is -0.281 e. The first-order valence-electron chi connectivity index (χ1n) is 4.66. The minimum absolute atomic E-state index is 0.480. The van der Waals surface area contributed by atoms with Gasteiger partial charge in [-0.15, -0.1) is 0 Å². The minimum atomic E-state index is -5.46. The van der Waals surface area contributed by atoms with Crippen LogP contribution < -0.4 is 0 Å². The summed E-state index contributed by atoms with van der Waals surface area (Å²) in [7, 11) is -5.46. The lowest BCUT2D eigenvalue weighted by molar-refractivity contribution is 0.0791. The Kier molecular flexibility index (Phi) is 2.63. The smallest absolute Gasteiger partial charge is 0.281 e. The highest BCUT2D eigenvalue weighted by Crippen LogP contribution is 2.34. The molecule has 3 nitrogen and oxygen atoms in total. The number of hydrogen-bond donors (Lipinski definition) is 1. The van der Waals surface area contributed by atoms with E-state index >= 15 is 0 Å². The molecule has 2 rings (SSSR count). The van der Waals surface area contributed by atoms with Gasteiger partial charge in [0.25, 0.3) is 0 Å². The van der Waals surface area contributed by atoms with Gasteiger partial charge in [0.2, 0.25) is 0 Å². The van der Waals surface area contributed by atoms with Gasteiger partial charge in [-0.05, 0) is 16.8 Å². The summed E-state index contributed by atoms with van der Waals surface area (Å²) >= 11 is 0. The van der Waals surface area contributed by atoms with Crippen molar-refractivity contribution < 1.29 is 21.8 Å². The van der Waals surface area contributed by atoms with E-state index in [0.29, 0.717) is 10.8 Å². The summed E-state index contributed by atoms with van der Waals surface area (Å²) in [6, 6.07) is 10.1. The van der Waals surface area contributed by atoms with Crippen LogP contribution in [0.5, 0.6) is 0 Å². The molecule has 0 fully saturated rings. The van der Waals surface area contributed by atoms with Crippen LogP contribution in [0.1, 0.15) is 5.56 Å². The van der Waals surface area contributed by atoms with Crippen LogP contribution >= 0.6 is 0 Å². The lowest BCUT2D eigenvalue weighted by Gasteiger charge is -2.13. The Hall–Kier alpha value is -1.53. The van der Waals surface area contributed by atoms with E-state index in [9.17, 15) is 17.2 Å². The van der Waals surface area contributed by atoms with Crippen molar-refractivity contribution in [2.75, 3.05) is 0 Å². The Morgan fingerprint density at radius 1 is 1.00 bits per heavy atom. The summed E-state index contributed by atoms with van der Waals surface area (Å²) in [5.41, 5.74) is -0.751. The quantitative estimate of drug-likeness (QED) is 0.843. The van der Waals surface area contributed by atoms with E-state index in [1.807, 2.05) is 0 Å². The number of rotatable bonds is 2. The van der Waals surface area contributed by atoms with Gasteiger partial charge in [0.05, 0.1) is 0 Å². The highest BCUT2D eigenvalue weighted by atomic mass is 32.2. The molecular formula is C11H8F2O3S. The summed E-state index contributed by atoms with van der Waals surface area (Å²) < 4.78 is 56.4. The molecule has 0 aliphatic carbocycles. The first-order valence-corrected chi connectivity index (χ1v) is 6.10. The molecule has 0 saturated heterocycles. The van der Waals surface area contributed by atoms with Crippen LogP contribution in [0.25, 0.3) is 10.8 Å². The van der Waals surface area contributed by atoms with Crippen LogP contribution in [0.4, 0.5) is 8.78 Å². The van der Waals surface area contributed by atoms with Crippen LogP contribution in [0.15, 0.2) is 42.5 Å². The van der Waals surface area contributed by atoms with Gasteiger partial charge in [-0.1, -0.05) is 36.4 Å². The van der Waals surface area contributed by atoms with E-state index in [-0.39, 0.29) is 0 Å². The Balaban J connectivity index is 2.65. The van der Waals surface area contributed by atoms with Crippen molar-refractivity contribution in [1.29, 1.82) is 0 Å². The third-order valence-electron chi connectivity index (χ3n) is 2.41. The molecule has 0 unspecified atom stereocenters. The molecule has 17 heavy (non-hydrogen) atoms. The Morgan fingerprint density at radius 2 is 1.59 bits per heavy atom. The van der Waals surface area contributed by atoms with Crippen molar-refractivity contribution in [3.63, 3.8) is 0 Å². The predicted octanol–water partition coefficient (Wildman–Crippen LogP) is 2.78. The number of hydrogen-bond acceptors (Lipinski definition) is 2. The molecule has 0 atom stereocenters. The van der Waals surface area contributed by atoms with Crippen molar-refractivity contribution in [3.8, 4) is 0 Å². The van der Waals surface area contributed by atoms with Gasteiger partial charge in [-0.2, -0.15) is 17.2 Å². The number of halogens is 2. The van der Waals surface area contributed by atoms with E-state index in [1.165, 1.54) is 6.07 Å². The van der Waals surface area contributed by atoms with Crippen molar-refractivity contribution in [3.05, 3.63) is 48.0 Å². The van der Waals surface area contributed by atoms with Crippen molar-refractivity contribution >= 4 is 20.9 Å². The summed E-state index contributed by atoms with van der Waals surface area (Å²) in [6.45, 7) is 0. The standard InChI is InChI=1S/C11H8F2O3S/c12-11(13,17(14,15)16)10-6-5-8-3-1-2-4-9(8)7-10/h1-7H,(H,14,15,16). The summed E-state index contributed by atoms with van der Waals surface area (Å²) in [4.78, 5) is 0. The average molecular weight is 258 g/mol. The molecule has 0 amide bonds. The van der Waals surface area contributed by atoms with Gasteiger partial charge in [0, 0.05) is 5.56 Å². The van der Waals surface area contributed by atoms with E-state index in [0.717, 1.165) is 12.1 Å². The molecule has 6 heteroatoms. The maximum absolute atomic E-state index is 13.4. The molecule has 0 aromatic heterocycles. The normalized spacial score (nSPS) is 12.9. The third-order valence-corrected chi connectivity index (χ3v) is 3.29. The van der Waals surface area contributed by atoms with Gasteiger partial charge in [-0.25, -0.2) is 0 Å². The maximum atomic E-state index is 13.4. The van der Waals surface area contributed by atoms with Gasteiger partial charge in [-0.3, -0.25) is 4.55 Å².